The summed E-state index contributed by atoms with van der Waals surface area (Å²) in [4.78, 5) is 9.77. The van der Waals surface area contributed by atoms with E-state index in [0.29, 0.717) is 11.3 Å². The molecule has 0 aliphatic rings. The van der Waals surface area contributed by atoms with E-state index < -0.39 is 4.92 Å². The summed E-state index contributed by atoms with van der Waals surface area (Å²) >= 11 is 0. The molecule has 2 aromatic rings. The highest BCUT2D eigenvalue weighted by atomic mass is 16.6. The number of furan rings is 1. The Hall–Kier alpha value is -2.64. The predicted molar refractivity (Wildman–Crippen MR) is 52.3 cm³/mol. The van der Waals surface area contributed by atoms with Crippen molar-refractivity contribution in [3.8, 4) is 11.5 Å². The van der Waals surface area contributed by atoms with E-state index in [1.165, 1.54) is 18.3 Å². The maximum absolute atomic E-state index is 10.4. The van der Waals surface area contributed by atoms with Crippen molar-refractivity contribution in [1.82, 2.24) is 10.2 Å². The molecule has 8 heteroatoms. The molecule has 2 rings (SSSR count). The van der Waals surface area contributed by atoms with Crippen LogP contribution in [0.2, 0.25) is 0 Å². The maximum Gasteiger partial charge on any atom is 0.433 e. The van der Waals surface area contributed by atoms with E-state index in [1.54, 1.807) is 0 Å². The van der Waals surface area contributed by atoms with Crippen molar-refractivity contribution in [2.75, 3.05) is 0 Å². The lowest BCUT2D eigenvalue weighted by atomic mass is 10.2. The minimum Gasteiger partial charge on any atom is -0.411 e. The number of nitro groups is 1. The van der Waals surface area contributed by atoms with Crippen LogP contribution in [0.5, 0.6) is 0 Å². The lowest BCUT2D eigenvalue weighted by Crippen LogP contribution is -1.84. The smallest absolute Gasteiger partial charge is 0.411 e. The minimum absolute atomic E-state index is 0.225. The SMILES string of the molecule is O=[N+]([O-])c1ccc(-c2n[nH]cc2C=NO)o1. The second-order valence-electron chi connectivity index (χ2n) is 2.83. The van der Waals surface area contributed by atoms with Gasteiger partial charge in [-0.05, 0) is 6.07 Å². The standard InChI is InChI=1S/C8H6N4O4/c13-10-4-5-3-9-11-8(5)6-1-2-7(16-6)12(14)15/h1-4,13H,(H,9,11). The van der Waals surface area contributed by atoms with Crippen LogP contribution in [-0.4, -0.2) is 26.5 Å². The number of nitrogens with one attached hydrogen (secondary N) is 1. The Morgan fingerprint density at radius 2 is 2.44 bits per heavy atom. The molecule has 8 nitrogen and oxygen atoms in total. The zero-order chi connectivity index (χ0) is 11.5. The van der Waals surface area contributed by atoms with Crippen LogP contribution in [0.4, 0.5) is 5.88 Å². The average Bonchev–Trinajstić information content (AvgIpc) is 2.84. The highest BCUT2D eigenvalue weighted by Crippen LogP contribution is 2.26. The fraction of sp³-hybridized carbons (Fsp3) is 0. The van der Waals surface area contributed by atoms with E-state index in [4.69, 9.17) is 9.62 Å². The molecule has 16 heavy (non-hydrogen) atoms. The Balaban J connectivity index is 2.42. The maximum atomic E-state index is 10.4. The van der Waals surface area contributed by atoms with Crippen LogP contribution in [0.25, 0.3) is 11.5 Å². The van der Waals surface area contributed by atoms with Crippen LogP contribution < -0.4 is 0 Å². The van der Waals surface area contributed by atoms with E-state index in [0.717, 1.165) is 6.21 Å². The zero-order valence-corrected chi connectivity index (χ0v) is 7.82. The number of hydrogen-bond acceptors (Lipinski definition) is 6. The summed E-state index contributed by atoms with van der Waals surface area (Å²) in [5, 5.41) is 28.0. The lowest BCUT2D eigenvalue weighted by molar-refractivity contribution is -0.401. The van der Waals surface area contributed by atoms with Gasteiger partial charge in [0.05, 0.1) is 12.3 Å². The van der Waals surface area contributed by atoms with Crippen LogP contribution in [0.3, 0.4) is 0 Å². The van der Waals surface area contributed by atoms with E-state index >= 15 is 0 Å². The normalized spacial score (nSPS) is 11.0. The average molecular weight is 222 g/mol. The van der Waals surface area contributed by atoms with E-state index in [1.807, 2.05) is 0 Å². The summed E-state index contributed by atoms with van der Waals surface area (Å²) < 4.78 is 4.95. The van der Waals surface area contributed by atoms with Crippen molar-refractivity contribution in [3.63, 3.8) is 0 Å². The largest absolute Gasteiger partial charge is 0.433 e. The van der Waals surface area contributed by atoms with Crippen LogP contribution in [0, 0.1) is 10.1 Å². The van der Waals surface area contributed by atoms with Crippen molar-refractivity contribution >= 4 is 12.1 Å². The molecule has 2 N–H and O–H groups in total. The molecule has 0 amide bonds. The van der Waals surface area contributed by atoms with Crippen molar-refractivity contribution in [2.24, 2.45) is 5.16 Å². The number of H-pyrrole nitrogens is 1. The Labute approximate surface area is 88.3 Å². The van der Waals surface area contributed by atoms with Gasteiger partial charge in [-0.25, -0.2) is 0 Å². The summed E-state index contributed by atoms with van der Waals surface area (Å²) in [5.41, 5.74) is 0.803. The van der Waals surface area contributed by atoms with Crippen molar-refractivity contribution < 1.29 is 14.5 Å². The van der Waals surface area contributed by atoms with Crippen LogP contribution in [-0.2, 0) is 0 Å². The number of nitrogens with zero attached hydrogens (tertiary/aromatic N) is 3. The quantitative estimate of drug-likeness (QED) is 0.352. The molecule has 0 spiro atoms. The zero-order valence-electron chi connectivity index (χ0n) is 7.82. The topological polar surface area (TPSA) is 118 Å². The number of aromatic nitrogens is 2. The van der Waals surface area contributed by atoms with Gasteiger partial charge in [-0.15, -0.1) is 0 Å². The monoisotopic (exact) mass is 222 g/mol. The fourth-order valence-electron chi connectivity index (χ4n) is 1.21. The first kappa shape index (κ1) is 9.90. The van der Waals surface area contributed by atoms with E-state index in [2.05, 4.69) is 15.4 Å². The number of hydrogen-bond donors (Lipinski definition) is 2. The summed E-state index contributed by atoms with van der Waals surface area (Å²) in [6.07, 6.45) is 2.62. The molecule has 0 bridgehead atoms. The first-order valence-corrected chi connectivity index (χ1v) is 4.18. The van der Waals surface area contributed by atoms with Gasteiger partial charge in [-0.1, -0.05) is 5.16 Å². The van der Waals surface area contributed by atoms with Gasteiger partial charge in [0.2, 0.25) is 0 Å². The number of rotatable bonds is 3. The van der Waals surface area contributed by atoms with Crippen LogP contribution in [0.1, 0.15) is 5.56 Å². The van der Waals surface area contributed by atoms with Gasteiger partial charge in [0.15, 0.2) is 5.76 Å². The summed E-state index contributed by atoms with van der Waals surface area (Å²) in [7, 11) is 0. The molecule has 0 unspecified atom stereocenters. The minimum atomic E-state index is -0.643. The second kappa shape index (κ2) is 3.85. The third-order valence-electron chi connectivity index (χ3n) is 1.87. The molecule has 2 heterocycles. The van der Waals surface area contributed by atoms with Gasteiger partial charge in [-0.3, -0.25) is 15.2 Å². The third kappa shape index (κ3) is 1.63. The molecule has 2 aromatic heterocycles. The summed E-state index contributed by atoms with van der Waals surface area (Å²) in [6.45, 7) is 0. The molecule has 0 radical (unpaired) electrons. The molecule has 0 saturated heterocycles. The van der Waals surface area contributed by atoms with Gasteiger partial charge in [-0.2, -0.15) is 5.10 Å². The number of aromatic amines is 1. The first-order valence-electron chi connectivity index (χ1n) is 4.18. The van der Waals surface area contributed by atoms with E-state index in [9.17, 15) is 10.1 Å². The molecule has 82 valence electrons. The summed E-state index contributed by atoms with van der Waals surface area (Å²) in [6, 6.07) is 2.65. The van der Waals surface area contributed by atoms with E-state index in [-0.39, 0.29) is 11.6 Å². The van der Waals surface area contributed by atoms with Crippen molar-refractivity contribution in [1.29, 1.82) is 0 Å². The highest BCUT2D eigenvalue weighted by Gasteiger charge is 2.16. The van der Waals surface area contributed by atoms with Crippen molar-refractivity contribution in [2.45, 2.75) is 0 Å². The summed E-state index contributed by atoms with van der Waals surface area (Å²) in [5.74, 6) is -0.146. The van der Waals surface area contributed by atoms with Gasteiger partial charge < -0.3 is 9.62 Å². The van der Waals surface area contributed by atoms with Gasteiger partial charge in [0.1, 0.15) is 10.6 Å². The first-order chi connectivity index (χ1) is 7.72. The Kier molecular flexibility index (Phi) is 2.38. The molecule has 0 fully saturated rings. The molecule has 0 saturated carbocycles. The Morgan fingerprint density at radius 3 is 3.06 bits per heavy atom. The molecule has 0 atom stereocenters. The molecule has 0 aliphatic heterocycles. The Bertz CT molecular complexity index is 542. The Morgan fingerprint density at radius 1 is 1.62 bits per heavy atom. The third-order valence-corrected chi connectivity index (χ3v) is 1.87. The molecule has 0 aromatic carbocycles. The van der Waals surface area contributed by atoms with Gasteiger partial charge >= 0.3 is 5.88 Å². The molecular formula is C8H6N4O4. The fourth-order valence-corrected chi connectivity index (χ4v) is 1.21. The lowest BCUT2D eigenvalue weighted by Gasteiger charge is -1.90. The highest BCUT2D eigenvalue weighted by molar-refractivity contribution is 5.87. The van der Waals surface area contributed by atoms with Gasteiger partial charge in [0, 0.05) is 11.8 Å². The molecular weight excluding hydrogens is 216 g/mol. The predicted octanol–water partition coefficient (Wildman–Crippen LogP) is 1.39. The van der Waals surface area contributed by atoms with Gasteiger partial charge in [0.25, 0.3) is 0 Å². The second-order valence-corrected chi connectivity index (χ2v) is 2.83. The van der Waals surface area contributed by atoms with Crippen molar-refractivity contribution in [3.05, 3.63) is 34.0 Å². The van der Waals surface area contributed by atoms with Crippen LogP contribution in [0.15, 0.2) is 27.9 Å². The molecule has 0 aliphatic carbocycles. The van der Waals surface area contributed by atoms with Crippen LogP contribution >= 0.6 is 0 Å². The number of oxime groups is 1.